The van der Waals surface area contributed by atoms with Gasteiger partial charge in [-0.3, -0.25) is 10.1 Å². The summed E-state index contributed by atoms with van der Waals surface area (Å²) in [6.07, 6.45) is 1.53. The largest absolute Gasteiger partial charge is 0.436 e. The Morgan fingerprint density at radius 3 is 2.65 bits per heavy atom. The van der Waals surface area contributed by atoms with Crippen LogP contribution in [0.25, 0.3) is 0 Å². The van der Waals surface area contributed by atoms with Gasteiger partial charge in [0.15, 0.2) is 11.6 Å². The van der Waals surface area contributed by atoms with Crippen LogP contribution in [-0.4, -0.2) is 9.91 Å². The minimum atomic E-state index is -0.822. The molecule has 0 radical (unpaired) electrons. The van der Waals surface area contributed by atoms with Crippen LogP contribution in [0, 0.1) is 15.9 Å². The molecule has 2 rings (SSSR count). The Morgan fingerprint density at radius 1 is 1.40 bits per heavy atom. The van der Waals surface area contributed by atoms with Crippen LogP contribution < -0.4 is 10.5 Å². The average molecular weight is 277 g/mol. The lowest BCUT2D eigenvalue weighted by molar-refractivity contribution is -0.385. The molecule has 1 atom stereocenters. The zero-order valence-corrected chi connectivity index (χ0v) is 10.6. The maximum Gasteiger partial charge on any atom is 0.272 e. The van der Waals surface area contributed by atoms with Crippen molar-refractivity contribution in [3.63, 3.8) is 0 Å². The molecule has 1 aromatic carbocycles. The number of benzene rings is 1. The van der Waals surface area contributed by atoms with Gasteiger partial charge in [-0.15, -0.1) is 0 Å². The zero-order chi connectivity index (χ0) is 14.7. The molecule has 2 N–H and O–H groups in total. The van der Waals surface area contributed by atoms with E-state index in [0.29, 0.717) is 0 Å². The minimum Gasteiger partial charge on any atom is -0.436 e. The van der Waals surface area contributed by atoms with Crippen LogP contribution in [0.1, 0.15) is 18.5 Å². The molecule has 0 aliphatic carbocycles. The Labute approximate surface area is 114 Å². The Hall–Kier alpha value is -2.54. The molecule has 0 unspecified atom stereocenters. The minimum absolute atomic E-state index is 0.128. The first-order valence-corrected chi connectivity index (χ1v) is 5.80. The Bertz CT molecular complexity index is 629. The SMILES string of the molecule is C[C@H](N)c1ccc(Oc2ccc([N+](=O)[O-])cc2F)nc1. The highest BCUT2D eigenvalue weighted by molar-refractivity contribution is 5.39. The molecular weight excluding hydrogens is 265 g/mol. The van der Waals surface area contributed by atoms with E-state index in [9.17, 15) is 14.5 Å². The normalized spacial score (nSPS) is 11.9. The van der Waals surface area contributed by atoms with Gasteiger partial charge in [-0.05, 0) is 18.6 Å². The Kier molecular flexibility index (Phi) is 3.90. The van der Waals surface area contributed by atoms with Gasteiger partial charge >= 0.3 is 0 Å². The molecule has 1 heterocycles. The summed E-state index contributed by atoms with van der Waals surface area (Å²) in [6.45, 7) is 1.81. The summed E-state index contributed by atoms with van der Waals surface area (Å²) in [5.41, 5.74) is 6.16. The number of hydrogen-bond acceptors (Lipinski definition) is 5. The summed E-state index contributed by atoms with van der Waals surface area (Å²) in [5, 5.41) is 10.5. The van der Waals surface area contributed by atoms with Gasteiger partial charge in [-0.2, -0.15) is 0 Å². The van der Waals surface area contributed by atoms with Crippen molar-refractivity contribution in [2.75, 3.05) is 0 Å². The lowest BCUT2D eigenvalue weighted by atomic mass is 10.2. The number of aromatic nitrogens is 1. The van der Waals surface area contributed by atoms with Gasteiger partial charge in [0, 0.05) is 24.4 Å². The Balaban J connectivity index is 2.19. The molecule has 2 aromatic rings. The standard InChI is InChI=1S/C13H12FN3O3/c1-8(15)9-2-5-13(16-7-9)20-12-4-3-10(17(18)19)6-11(12)14/h2-8H,15H2,1H3/t8-/m0/s1. The van der Waals surface area contributed by atoms with Crippen molar-refractivity contribution in [3.8, 4) is 11.6 Å². The number of pyridine rings is 1. The molecule has 0 saturated carbocycles. The van der Waals surface area contributed by atoms with Crippen LogP contribution in [0.4, 0.5) is 10.1 Å². The van der Waals surface area contributed by atoms with Crippen molar-refractivity contribution < 1.29 is 14.1 Å². The molecule has 0 amide bonds. The van der Waals surface area contributed by atoms with Crippen LogP contribution in [-0.2, 0) is 0 Å². The van der Waals surface area contributed by atoms with Gasteiger partial charge in [-0.1, -0.05) is 6.07 Å². The van der Waals surface area contributed by atoms with Gasteiger partial charge in [-0.25, -0.2) is 9.37 Å². The first-order valence-electron chi connectivity index (χ1n) is 5.80. The average Bonchev–Trinajstić information content (AvgIpc) is 2.41. The fraction of sp³-hybridized carbons (Fsp3) is 0.154. The number of rotatable bonds is 4. The number of halogens is 1. The van der Waals surface area contributed by atoms with Crippen LogP contribution >= 0.6 is 0 Å². The summed E-state index contributed by atoms with van der Waals surface area (Å²) < 4.78 is 18.9. The smallest absolute Gasteiger partial charge is 0.272 e. The van der Waals surface area contributed by atoms with Crippen LogP contribution in [0.5, 0.6) is 11.6 Å². The summed E-state index contributed by atoms with van der Waals surface area (Å²) in [7, 11) is 0. The molecule has 6 nitrogen and oxygen atoms in total. The van der Waals surface area contributed by atoms with Crippen molar-refractivity contribution in [2.45, 2.75) is 13.0 Å². The maximum atomic E-state index is 13.6. The first-order chi connectivity index (χ1) is 9.47. The molecule has 104 valence electrons. The van der Waals surface area contributed by atoms with Crippen LogP contribution in [0.3, 0.4) is 0 Å². The predicted octanol–water partition coefficient (Wildman–Crippen LogP) is 2.94. The second-order valence-corrected chi connectivity index (χ2v) is 4.19. The molecule has 7 heteroatoms. The molecule has 0 aliphatic heterocycles. The lowest BCUT2D eigenvalue weighted by Crippen LogP contribution is -2.05. The van der Waals surface area contributed by atoms with E-state index in [4.69, 9.17) is 10.5 Å². The van der Waals surface area contributed by atoms with E-state index < -0.39 is 10.7 Å². The quantitative estimate of drug-likeness (QED) is 0.685. The number of nitrogens with two attached hydrogens (primary N) is 1. The zero-order valence-electron chi connectivity index (χ0n) is 10.6. The molecule has 1 aromatic heterocycles. The van der Waals surface area contributed by atoms with Crippen LogP contribution in [0.2, 0.25) is 0 Å². The molecular formula is C13H12FN3O3. The fourth-order valence-electron chi connectivity index (χ4n) is 1.52. The summed E-state index contributed by atoms with van der Waals surface area (Å²) in [6, 6.07) is 6.26. The van der Waals surface area contributed by atoms with E-state index in [-0.39, 0.29) is 23.4 Å². The van der Waals surface area contributed by atoms with Crippen molar-refractivity contribution in [1.29, 1.82) is 0 Å². The second kappa shape index (κ2) is 5.62. The molecule has 0 saturated heterocycles. The molecule has 20 heavy (non-hydrogen) atoms. The monoisotopic (exact) mass is 277 g/mol. The first kappa shape index (κ1) is 13.9. The van der Waals surface area contributed by atoms with E-state index in [1.807, 2.05) is 6.92 Å². The predicted molar refractivity (Wildman–Crippen MR) is 70.0 cm³/mol. The third-order valence-corrected chi connectivity index (χ3v) is 2.63. The second-order valence-electron chi connectivity index (χ2n) is 4.19. The Morgan fingerprint density at radius 2 is 2.15 bits per heavy atom. The molecule has 0 spiro atoms. The number of non-ortho nitro benzene ring substituents is 1. The third kappa shape index (κ3) is 3.07. The fourth-order valence-corrected chi connectivity index (χ4v) is 1.52. The van der Waals surface area contributed by atoms with E-state index in [0.717, 1.165) is 17.7 Å². The highest BCUT2D eigenvalue weighted by Crippen LogP contribution is 2.26. The number of nitro groups is 1. The van der Waals surface area contributed by atoms with Gasteiger partial charge in [0.1, 0.15) is 0 Å². The van der Waals surface area contributed by atoms with Gasteiger partial charge in [0.05, 0.1) is 11.0 Å². The molecule has 0 fully saturated rings. The third-order valence-electron chi connectivity index (χ3n) is 2.63. The van der Waals surface area contributed by atoms with Gasteiger partial charge in [0.2, 0.25) is 5.88 Å². The number of ether oxygens (including phenoxy) is 1. The van der Waals surface area contributed by atoms with Crippen LogP contribution in [0.15, 0.2) is 36.5 Å². The van der Waals surface area contributed by atoms with Crippen molar-refractivity contribution in [3.05, 3.63) is 58.0 Å². The number of nitrogens with zero attached hydrogens (tertiary/aromatic N) is 2. The van der Waals surface area contributed by atoms with E-state index >= 15 is 0 Å². The summed E-state index contributed by atoms with van der Waals surface area (Å²) in [4.78, 5) is 13.8. The van der Waals surface area contributed by atoms with E-state index in [1.165, 1.54) is 12.3 Å². The van der Waals surface area contributed by atoms with E-state index in [2.05, 4.69) is 4.98 Å². The van der Waals surface area contributed by atoms with Crippen molar-refractivity contribution >= 4 is 5.69 Å². The maximum absolute atomic E-state index is 13.6. The van der Waals surface area contributed by atoms with Crippen molar-refractivity contribution in [1.82, 2.24) is 4.98 Å². The number of nitro benzene ring substituents is 1. The lowest BCUT2D eigenvalue weighted by Gasteiger charge is -2.08. The van der Waals surface area contributed by atoms with Crippen molar-refractivity contribution in [2.24, 2.45) is 5.73 Å². The molecule has 0 aliphatic rings. The summed E-state index contributed by atoms with van der Waals surface area (Å²) >= 11 is 0. The highest BCUT2D eigenvalue weighted by atomic mass is 19.1. The highest BCUT2D eigenvalue weighted by Gasteiger charge is 2.12. The topological polar surface area (TPSA) is 91.3 Å². The van der Waals surface area contributed by atoms with Gasteiger partial charge in [0.25, 0.3) is 5.69 Å². The van der Waals surface area contributed by atoms with E-state index in [1.54, 1.807) is 12.1 Å². The number of hydrogen-bond donors (Lipinski definition) is 1. The van der Waals surface area contributed by atoms with Gasteiger partial charge < -0.3 is 10.5 Å². The summed E-state index contributed by atoms with van der Waals surface area (Å²) in [5.74, 6) is -0.768. The molecule has 0 bridgehead atoms.